The van der Waals surface area contributed by atoms with Crippen LogP contribution in [0.4, 0.5) is 0 Å². The van der Waals surface area contributed by atoms with Gasteiger partial charge in [0.1, 0.15) is 11.2 Å². The molecule has 9 aromatic rings. The maximum Gasteiger partial charge on any atom is 0.164 e. The third kappa shape index (κ3) is 4.05. The van der Waals surface area contributed by atoms with Crippen LogP contribution in [0.1, 0.15) is 0 Å². The van der Waals surface area contributed by atoms with Crippen LogP contribution in [-0.2, 0) is 0 Å². The van der Waals surface area contributed by atoms with E-state index in [1.54, 1.807) is 0 Å². The molecule has 0 saturated carbocycles. The summed E-state index contributed by atoms with van der Waals surface area (Å²) >= 11 is 0. The zero-order valence-corrected chi connectivity index (χ0v) is 25.2. The molecule has 47 heavy (non-hydrogen) atoms. The van der Waals surface area contributed by atoms with E-state index in [-0.39, 0.29) is 0 Å². The van der Waals surface area contributed by atoms with Gasteiger partial charge in [-0.05, 0) is 68.4 Å². The maximum atomic E-state index is 6.37. The first-order chi connectivity index (χ1) is 23.3. The third-order valence-electron chi connectivity index (χ3n) is 9.27. The van der Waals surface area contributed by atoms with Gasteiger partial charge in [0.25, 0.3) is 0 Å². The van der Waals surface area contributed by atoms with Gasteiger partial charge in [-0.1, -0.05) is 127 Å². The SMILES string of the molecule is c1ccc(-c2ccc3oc4cccc(-c5nc(-c6ccccc6)nc(-c6ccc7c(c6)-c6cccc8cccc-7c68)n5)c4c3c2)cc1. The zero-order valence-electron chi connectivity index (χ0n) is 25.2. The monoisotopic (exact) mass is 599 g/mol. The summed E-state index contributed by atoms with van der Waals surface area (Å²) in [6.45, 7) is 0. The van der Waals surface area contributed by atoms with Crippen molar-refractivity contribution in [3.05, 3.63) is 152 Å². The van der Waals surface area contributed by atoms with Gasteiger partial charge in [0.15, 0.2) is 17.5 Å². The number of hydrogen-bond acceptors (Lipinski definition) is 4. The lowest BCUT2D eigenvalue weighted by Gasteiger charge is -2.11. The molecule has 0 unspecified atom stereocenters. The molecule has 0 spiro atoms. The summed E-state index contributed by atoms with van der Waals surface area (Å²) < 4.78 is 6.37. The minimum atomic E-state index is 0.609. The van der Waals surface area contributed by atoms with Crippen molar-refractivity contribution in [2.45, 2.75) is 0 Å². The molecule has 0 radical (unpaired) electrons. The molecule has 4 heteroatoms. The molecule has 0 N–H and O–H groups in total. The fourth-order valence-electron chi connectivity index (χ4n) is 7.10. The molecule has 4 nitrogen and oxygen atoms in total. The van der Waals surface area contributed by atoms with Gasteiger partial charge in [-0.15, -0.1) is 0 Å². The molecular formula is C43H25N3O. The predicted molar refractivity (Wildman–Crippen MR) is 191 cm³/mol. The Hall–Kier alpha value is -6.39. The summed E-state index contributed by atoms with van der Waals surface area (Å²) in [6, 6.07) is 52.7. The van der Waals surface area contributed by atoms with Crippen LogP contribution in [0.5, 0.6) is 0 Å². The van der Waals surface area contributed by atoms with Crippen molar-refractivity contribution in [1.29, 1.82) is 0 Å². The van der Waals surface area contributed by atoms with Gasteiger partial charge in [-0.3, -0.25) is 0 Å². The topological polar surface area (TPSA) is 51.8 Å². The van der Waals surface area contributed by atoms with Crippen LogP contribution < -0.4 is 0 Å². The Morgan fingerprint density at radius 1 is 0.340 bits per heavy atom. The summed E-state index contributed by atoms with van der Waals surface area (Å²) in [4.78, 5) is 15.3. The number of hydrogen-bond donors (Lipinski definition) is 0. The molecule has 1 aliphatic carbocycles. The maximum absolute atomic E-state index is 6.37. The Balaban J connectivity index is 1.19. The van der Waals surface area contributed by atoms with Gasteiger partial charge in [0, 0.05) is 27.5 Å². The number of rotatable bonds is 4. The molecule has 1 aliphatic rings. The number of nitrogens with zero attached hydrogens (tertiary/aromatic N) is 3. The van der Waals surface area contributed by atoms with Crippen molar-refractivity contribution in [3.63, 3.8) is 0 Å². The average molecular weight is 600 g/mol. The highest BCUT2D eigenvalue weighted by molar-refractivity contribution is 6.16. The van der Waals surface area contributed by atoms with Crippen LogP contribution >= 0.6 is 0 Å². The van der Waals surface area contributed by atoms with Crippen molar-refractivity contribution >= 4 is 32.7 Å². The van der Waals surface area contributed by atoms with E-state index in [0.29, 0.717) is 17.5 Å². The molecule has 7 aromatic carbocycles. The Labute approximate surface area is 270 Å². The Bertz CT molecular complexity index is 2670. The molecular weight excluding hydrogens is 574 g/mol. The lowest BCUT2D eigenvalue weighted by molar-refractivity contribution is 0.669. The smallest absolute Gasteiger partial charge is 0.164 e. The number of fused-ring (bicyclic) bond motifs is 6. The lowest BCUT2D eigenvalue weighted by Crippen LogP contribution is -2.00. The molecule has 0 saturated heterocycles. The van der Waals surface area contributed by atoms with E-state index in [1.165, 1.54) is 33.0 Å². The molecule has 2 heterocycles. The minimum Gasteiger partial charge on any atom is -0.456 e. The van der Waals surface area contributed by atoms with Crippen molar-refractivity contribution in [2.75, 3.05) is 0 Å². The molecule has 0 bridgehead atoms. The Morgan fingerprint density at radius 2 is 0.979 bits per heavy atom. The summed E-state index contributed by atoms with van der Waals surface area (Å²) in [6.07, 6.45) is 0. The van der Waals surface area contributed by atoms with E-state index >= 15 is 0 Å². The third-order valence-corrected chi connectivity index (χ3v) is 9.27. The number of aromatic nitrogens is 3. The summed E-state index contributed by atoms with van der Waals surface area (Å²) in [5, 5.41) is 4.58. The Morgan fingerprint density at radius 3 is 1.77 bits per heavy atom. The van der Waals surface area contributed by atoms with Crippen molar-refractivity contribution in [1.82, 2.24) is 15.0 Å². The quantitative estimate of drug-likeness (QED) is 0.202. The summed E-state index contributed by atoms with van der Waals surface area (Å²) in [7, 11) is 0. The molecule has 10 rings (SSSR count). The van der Waals surface area contributed by atoms with E-state index < -0.39 is 0 Å². The second-order valence-electron chi connectivity index (χ2n) is 12.0. The van der Waals surface area contributed by atoms with Crippen LogP contribution in [0, 0.1) is 0 Å². The molecule has 0 aliphatic heterocycles. The van der Waals surface area contributed by atoms with E-state index in [4.69, 9.17) is 19.4 Å². The largest absolute Gasteiger partial charge is 0.456 e. The normalized spacial score (nSPS) is 11.8. The van der Waals surface area contributed by atoms with Gasteiger partial charge in [-0.25, -0.2) is 15.0 Å². The molecule has 0 atom stereocenters. The second-order valence-corrected chi connectivity index (χ2v) is 12.0. The molecule has 0 amide bonds. The number of benzene rings is 7. The van der Waals surface area contributed by atoms with Crippen LogP contribution in [0.25, 0.3) is 100 Å². The van der Waals surface area contributed by atoms with Crippen molar-refractivity contribution in [2.24, 2.45) is 0 Å². The Kier molecular flexibility index (Phi) is 5.54. The average Bonchev–Trinajstić information content (AvgIpc) is 3.68. The van der Waals surface area contributed by atoms with Gasteiger partial charge in [0.05, 0.1) is 0 Å². The van der Waals surface area contributed by atoms with Gasteiger partial charge in [0.2, 0.25) is 0 Å². The zero-order chi connectivity index (χ0) is 30.9. The van der Waals surface area contributed by atoms with Crippen LogP contribution in [0.2, 0.25) is 0 Å². The highest BCUT2D eigenvalue weighted by Gasteiger charge is 2.23. The van der Waals surface area contributed by atoms with Crippen LogP contribution in [0.3, 0.4) is 0 Å². The van der Waals surface area contributed by atoms with E-state index in [9.17, 15) is 0 Å². The highest BCUT2D eigenvalue weighted by atomic mass is 16.3. The standard InChI is InChI=1S/C43H25N3O/c1-3-10-26(11-4-1)29-21-23-37-36(24-29)40-34(18-9-19-38(40)47-37)43-45-41(28-12-5-2-6-13-28)44-42(46-43)30-20-22-31-32-16-7-14-27-15-8-17-33(39(27)32)35(31)25-30/h1-25H. The first-order valence-electron chi connectivity index (χ1n) is 15.8. The van der Waals surface area contributed by atoms with Crippen LogP contribution in [-0.4, -0.2) is 15.0 Å². The van der Waals surface area contributed by atoms with E-state index in [2.05, 4.69) is 103 Å². The first kappa shape index (κ1) is 25.9. The fourth-order valence-corrected chi connectivity index (χ4v) is 7.10. The highest BCUT2D eigenvalue weighted by Crippen LogP contribution is 2.48. The van der Waals surface area contributed by atoms with Gasteiger partial charge in [-0.2, -0.15) is 0 Å². The predicted octanol–water partition coefficient (Wildman–Crippen LogP) is 11.2. The van der Waals surface area contributed by atoms with E-state index in [0.717, 1.165) is 49.8 Å². The molecule has 218 valence electrons. The molecule has 0 fully saturated rings. The molecule has 2 aromatic heterocycles. The van der Waals surface area contributed by atoms with Gasteiger partial charge >= 0.3 is 0 Å². The summed E-state index contributed by atoms with van der Waals surface area (Å²) in [5.74, 6) is 1.87. The van der Waals surface area contributed by atoms with Crippen molar-refractivity contribution < 1.29 is 4.42 Å². The minimum absolute atomic E-state index is 0.609. The summed E-state index contributed by atoms with van der Waals surface area (Å²) in [5.41, 5.74) is 11.7. The fraction of sp³-hybridized carbons (Fsp3) is 0. The van der Waals surface area contributed by atoms with Crippen molar-refractivity contribution in [3.8, 4) is 67.5 Å². The second kappa shape index (κ2) is 10.1. The van der Waals surface area contributed by atoms with E-state index in [1.807, 2.05) is 48.5 Å². The number of furan rings is 1. The lowest BCUT2D eigenvalue weighted by atomic mass is 10.00. The first-order valence-corrected chi connectivity index (χ1v) is 15.8. The van der Waals surface area contributed by atoms with Gasteiger partial charge < -0.3 is 4.42 Å². The van der Waals surface area contributed by atoms with Crippen LogP contribution in [0.15, 0.2) is 156 Å².